The third-order valence-electron chi connectivity index (χ3n) is 2.77. The van der Waals surface area contributed by atoms with Gasteiger partial charge in [0.2, 0.25) is 0 Å². The molecule has 1 atom stereocenters. The molecule has 0 aliphatic rings. The van der Waals surface area contributed by atoms with E-state index in [9.17, 15) is 0 Å². The highest BCUT2D eigenvalue weighted by Crippen LogP contribution is 2.34. The lowest BCUT2D eigenvalue weighted by molar-refractivity contribution is -0.0374. The minimum absolute atomic E-state index is 0.00588. The lowest BCUT2D eigenvalue weighted by Gasteiger charge is -2.34. The van der Waals surface area contributed by atoms with E-state index in [1.54, 1.807) is 6.07 Å². The zero-order chi connectivity index (χ0) is 13.1. The second-order valence-corrected chi connectivity index (χ2v) is 5.27. The van der Waals surface area contributed by atoms with Crippen LogP contribution in [0.15, 0.2) is 18.2 Å². The monoisotopic (exact) mass is 275 g/mol. The molecular weight excluding hydrogens is 257 g/mol. The zero-order valence-electron chi connectivity index (χ0n) is 10.7. The number of halogens is 2. The van der Waals surface area contributed by atoms with Crippen LogP contribution in [-0.2, 0) is 4.74 Å². The molecular formula is C13H19Cl2NO. The van der Waals surface area contributed by atoms with Crippen molar-refractivity contribution in [1.82, 2.24) is 5.32 Å². The summed E-state index contributed by atoms with van der Waals surface area (Å²) in [6.07, 6.45) is 0. The third kappa shape index (κ3) is 3.59. The molecule has 0 aliphatic heterocycles. The van der Waals surface area contributed by atoms with E-state index in [-0.39, 0.29) is 11.6 Å². The Labute approximate surface area is 113 Å². The van der Waals surface area contributed by atoms with E-state index in [0.717, 1.165) is 5.56 Å². The minimum Gasteiger partial charge on any atom is -0.374 e. The fraction of sp³-hybridized carbons (Fsp3) is 0.538. The average Bonchev–Trinajstić information content (AvgIpc) is 2.23. The second-order valence-electron chi connectivity index (χ2n) is 4.42. The molecule has 0 heterocycles. The Bertz CT molecular complexity index is 380. The minimum atomic E-state index is -0.349. The molecule has 2 nitrogen and oxygen atoms in total. The van der Waals surface area contributed by atoms with Gasteiger partial charge in [-0.3, -0.25) is 0 Å². The van der Waals surface area contributed by atoms with Crippen LogP contribution in [0.4, 0.5) is 0 Å². The van der Waals surface area contributed by atoms with Gasteiger partial charge in [0.1, 0.15) is 0 Å². The highest BCUT2D eigenvalue weighted by Gasteiger charge is 2.31. The number of nitrogens with one attached hydrogen (secondary N) is 1. The number of benzene rings is 1. The molecule has 96 valence electrons. The Kier molecular flexibility index (Phi) is 5.26. The molecule has 0 radical (unpaired) electrons. The van der Waals surface area contributed by atoms with Gasteiger partial charge in [-0.05, 0) is 51.6 Å². The predicted molar refractivity (Wildman–Crippen MR) is 74.0 cm³/mol. The fourth-order valence-corrected chi connectivity index (χ4v) is 2.48. The van der Waals surface area contributed by atoms with E-state index in [0.29, 0.717) is 16.7 Å². The summed E-state index contributed by atoms with van der Waals surface area (Å²) in [5, 5.41) is 4.62. The van der Waals surface area contributed by atoms with Crippen LogP contribution in [-0.4, -0.2) is 19.3 Å². The quantitative estimate of drug-likeness (QED) is 0.875. The van der Waals surface area contributed by atoms with Crippen LogP contribution in [0.1, 0.15) is 32.4 Å². The Balaban J connectivity index is 3.13. The van der Waals surface area contributed by atoms with Crippen molar-refractivity contribution in [3.05, 3.63) is 33.8 Å². The standard InChI is InChI=1S/C13H19Cl2NO/c1-5-17-13(2,3)12(16-4)10-8-9(14)6-7-11(10)15/h6-8,12,16H,5H2,1-4H3. The van der Waals surface area contributed by atoms with E-state index >= 15 is 0 Å². The average molecular weight is 276 g/mol. The largest absolute Gasteiger partial charge is 0.374 e. The van der Waals surface area contributed by atoms with Crippen molar-refractivity contribution in [2.24, 2.45) is 0 Å². The molecule has 0 spiro atoms. The maximum Gasteiger partial charge on any atom is 0.0820 e. The van der Waals surface area contributed by atoms with Gasteiger partial charge in [0.25, 0.3) is 0 Å². The first-order valence-corrected chi connectivity index (χ1v) is 6.44. The van der Waals surface area contributed by atoms with Crippen molar-refractivity contribution < 1.29 is 4.74 Å². The maximum absolute atomic E-state index is 6.22. The number of ether oxygens (including phenoxy) is 1. The summed E-state index contributed by atoms with van der Waals surface area (Å²) in [7, 11) is 1.89. The van der Waals surface area contributed by atoms with Crippen molar-refractivity contribution in [2.75, 3.05) is 13.7 Å². The van der Waals surface area contributed by atoms with Crippen LogP contribution < -0.4 is 5.32 Å². The molecule has 1 unspecified atom stereocenters. The third-order valence-corrected chi connectivity index (χ3v) is 3.35. The van der Waals surface area contributed by atoms with Crippen LogP contribution in [0.3, 0.4) is 0 Å². The number of hydrogen-bond acceptors (Lipinski definition) is 2. The van der Waals surface area contributed by atoms with Gasteiger partial charge < -0.3 is 10.1 Å². The van der Waals surface area contributed by atoms with Crippen molar-refractivity contribution in [3.8, 4) is 0 Å². The normalized spacial score (nSPS) is 13.8. The molecule has 0 saturated carbocycles. The van der Waals surface area contributed by atoms with Crippen LogP contribution in [0.5, 0.6) is 0 Å². The first-order chi connectivity index (χ1) is 7.92. The molecule has 0 bridgehead atoms. The molecule has 1 rings (SSSR count). The molecule has 0 aliphatic carbocycles. The van der Waals surface area contributed by atoms with E-state index in [1.807, 2.05) is 40.0 Å². The SMILES string of the molecule is CCOC(C)(C)C(NC)c1cc(Cl)ccc1Cl. The van der Waals surface area contributed by atoms with E-state index in [4.69, 9.17) is 27.9 Å². The smallest absolute Gasteiger partial charge is 0.0820 e. The van der Waals surface area contributed by atoms with Crippen LogP contribution >= 0.6 is 23.2 Å². The topological polar surface area (TPSA) is 21.3 Å². The van der Waals surface area contributed by atoms with Crippen molar-refractivity contribution in [1.29, 1.82) is 0 Å². The summed E-state index contributed by atoms with van der Waals surface area (Å²) in [5.41, 5.74) is 0.609. The van der Waals surface area contributed by atoms with Gasteiger partial charge in [0.15, 0.2) is 0 Å². The maximum atomic E-state index is 6.22. The summed E-state index contributed by atoms with van der Waals surface area (Å²) >= 11 is 12.2. The molecule has 17 heavy (non-hydrogen) atoms. The molecule has 0 saturated heterocycles. The van der Waals surface area contributed by atoms with Gasteiger partial charge in [-0.25, -0.2) is 0 Å². The van der Waals surface area contributed by atoms with E-state index in [2.05, 4.69) is 5.32 Å². The van der Waals surface area contributed by atoms with Crippen LogP contribution in [0, 0.1) is 0 Å². The van der Waals surface area contributed by atoms with Crippen molar-refractivity contribution in [2.45, 2.75) is 32.4 Å². The predicted octanol–water partition coefficient (Wildman–Crippen LogP) is 4.07. The van der Waals surface area contributed by atoms with Gasteiger partial charge in [0.05, 0.1) is 11.6 Å². The Hall–Kier alpha value is -0.280. The summed E-state index contributed by atoms with van der Waals surface area (Å²) in [6.45, 7) is 6.71. The summed E-state index contributed by atoms with van der Waals surface area (Å²) < 4.78 is 5.77. The first-order valence-electron chi connectivity index (χ1n) is 5.68. The number of rotatable bonds is 5. The highest BCUT2D eigenvalue weighted by atomic mass is 35.5. The lowest BCUT2D eigenvalue weighted by atomic mass is 9.91. The Morgan fingerprint density at radius 2 is 2.00 bits per heavy atom. The molecule has 0 fully saturated rings. The molecule has 1 aromatic rings. The molecule has 1 aromatic carbocycles. The van der Waals surface area contributed by atoms with Crippen molar-refractivity contribution >= 4 is 23.2 Å². The summed E-state index contributed by atoms with van der Waals surface area (Å²) in [5.74, 6) is 0. The number of likely N-dealkylation sites (N-methyl/N-ethyl adjacent to an activating group) is 1. The fourth-order valence-electron chi connectivity index (χ4n) is 2.07. The molecule has 0 aromatic heterocycles. The summed E-state index contributed by atoms with van der Waals surface area (Å²) in [4.78, 5) is 0. The van der Waals surface area contributed by atoms with Gasteiger partial charge in [-0.2, -0.15) is 0 Å². The Morgan fingerprint density at radius 3 is 2.53 bits per heavy atom. The molecule has 0 amide bonds. The van der Waals surface area contributed by atoms with Crippen LogP contribution in [0.2, 0.25) is 10.0 Å². The highest BCUT2D eigenvalue weighted by molar-refractivity contribution is 6.33. The summed E-state index contributed by atoms with van der Waals surface area (Å²) in [6, 6.07) is 5.47. The second kappa shape index (κ2) is 6.05. The van der Waals surface area contributed by atoms with E-state index < -0.39 is 0 Å². The van der Waals surface area contributed by atoms with E-state index in [1.165, 1.54) is 0 Å². The van der Waals surface area contributed by atoms with Crippen LogP contribution in [0.25, 0.3) is 0 Å². The van der Waals surface area contributed by atoms with Gasteiger partial charge >= 0.3 is 0 Å². The molecule has 4 heteroatoms. The van der Waals surface area contributed by atoms with Gasteiger partial charge in [-0.1, -0.05) is 23.2 Å². The van der Waals surface area contributed by atoms with Gasteiger partial charge in [-0.15, -0.1) is 0 Å². The lowest BCUT2D eigenvalue weighted by Crippen LogP contribution is -2.40. The number of hydrogen-bond donors (Lipinski definition) is 1. The zero-order valence-corrected chi connectivity index (χ0v) is 12.2. The van der Waals surface area contributed by atoms with Gasteiger partial charge in [0, 0.05) is 16.7 Å². The Morgan fingerprint density at radius 1 is 1.35 bits per heavy atom. The first kappa shape index (κ1) is 14.8. The molecule has 1 N–H and O–H groups in total. The van der Waals surface area contributed by atoms with Crippen molar-refractivity contribution in [3.63, 3.8) is 0 Å².